The number of phenols is 1. The monoisotopic (exact) mass is 335 g/mol. The lowest BCUT2D eigenvalue weighted by atomic mass is 10.1. The summed E-state index contributed by atoms with van der Waals surface area (Å²) >= 11 is 0.917. The van der Waals surface area contributed by atoms with Gasteiger partial charge in [0.2, 0.25) is 5.16 Å². The van der Waals surface area contributed by atoms with Crippen LogP contribution in [0.1, 0.15) is 24.7 Å². The van der Waals surface area contributed by atoms with Crippen molar-refractivity contribution in [3.63, 3.8) is 0 Å². The summed E-state index contributed by atoms with van der Waals surface area (Å²) in [5.41, 5.74) is 0.346. The number of H-pyrrole nitrogens is 1. The number of nitrogens with zero attached hydrogens (tertiary/aromatic N) is 2. The Morgan fingerprint density at radius 1 is 1.48 bits per heavy atom. The van der Waals surface area contributed by atoms with Crippen molar-refractivity contribution >= 4 is 23.8 Å². The predicted octanol–water partition coefficient (Wildman–Crippen LogP) is 2.69. The van der Waals surface area contributed by atoms with Gasteiger partial charge >= 0.3 is 5.97 Å². The first-order chi connectivity index (χ1) is 11.0. The number of nitrogens with one attached hydrogen (secondary N) is 1. The second-order valence-corrected chi connectivity index (χ2v) is 5.64. The Hall–Kier alpha value is -2.48. The molecule has 1 heterocycles. The molecule has 0 fully saturated rings. The third-order valence-corrected chi connectivity index (χ3v) is 3.82. The summed E-state index contributed by atoms with van der Waals surface area (Å²) in [6, 6.07) is 4.86. The average molecular weight is 335 g/mol. The number of thioether (sulfide) groups is 1. The van der Waals surface area contributed by atoms with Gasteiger partial charge in [0, 0.05) is 12.0 Å². The zero-order chi connectivity index (χ0) is 16.8. The van der Waals surface area contributed by atoms with Crippen LogP contribution in [0.3, 0.4) is 0 Å². The molecule has 2 rings (SSSR count). The second-order valence-electron chi connectivity index (χ2n) is 4.63. The van der Waals surface area contributed by atoms with Gasteiger partial charge < -0.3 is 14.9 Å². The van der Waals surface area contributed by atoms with Crippen LogP contribution in [0.15, 0.2) is 28.3 Å². The number of rotatable bonds is 7. The van der Waals surface area contributed by atoms with E-state index < -0.39 is 5.97 Å². The van der Waals surface area contributed by atoms with Gasteiger partial charge in [-0.1, -0.05) is 19.1 Å². The molecule has 0 aliphatic heterocycles. The number of aryl methyl sites for hydroxylation is 1. The Kier molecular flexibility index (Phi) is 5.64. The molecule has 0 amide bonds. The Labute approximate surface area is 137 Å². The normalized spacial score (nSPS) is 11.5. The predicted molar refractivity (Wildman–Crippen MR) is 86.5 cm³/mol. The summed E-state index contributed by atoms with van der Waals surface area (Å²) in [5, 5.41) is 26.5. The molecule has 1 aromatic carbocycles. The van der Waals surface area contributed by atoms with E-state index in [1.54, 1.807) is 18.2 Å². The van der Waals surface area contributed by atoms with Gasteiger partial charge in [0.25, 0.3) is 0 Å². The summed E-state index contributed by atoms with van der Waals surface area (Å²) in [6.07, 6.45) is 3.02. The highest BCUT2D eigenvalue weighted by molar-refractivity contribution is 8.04. The van der Waals surface area contributed by atoms with Crippen molar-refractivity contribution in [3.05, 3.63) is 34.5 Å². The van der Waals surface area contributed by atoms with Crippen molar-refractivity contribution in [1.29, 1.82) is 0 Å². The third kappa shape index (κ3) is 4.26. The Bertz CT molecular complexity index is 727. The summed E-state index contributed by atoms with van der Waals surface area (Å²) in [7, 11) is 1.43. The number of aliphatic carboxylic acids is 1. The molecule has 0 aliphatic carbocycles. The molecular weight excluding hydrogens is 318 g/mol. The van der Waals surface area contributed by atoms with E-state index in [1.807, 2.05) is 6.92 Å². The first-order valence-electron chi connectivity index (χ1n) is 6.95. The van der Waals surface area contributed by atoms with Gasteiger partial charge in [0.1, 0.15) is 10.7 Å². The molecule has 0 aliphatic rings. The lowest BCUT2D eigenvalue weighted by Gasteiger charge is -2.06. The van der Waals surface area contributed by atoms with Crippen LogP contribution >= 0.6 is 11.8 Å². The highest BCUT2D eigenvalue weighted by Crippen LogP contribution is 2.33. The van der Waals surface area contributed by atoms with E-state index in [-0.39, 0.29) is 16.4 Å². The molecule has 23 heavy (non-hydrogen) atoms. The number of hydrogen-bond acceptors (Lipinski definition) is 6. The average Bonchev–Trinajstić information content (AvgIpc) is 2.96. The summed E-state index contributed by atoms with van der Waals surface area (Å²) < 4.78 is 5.01. The van der Waals surface area contributed by atoms with E-state index in [0.717, 1.165) is 24.6 Å². The molecule has 8 heteroatoms. The van der Waals surface area contributed by atoms with E-state index in [2.05, 4.69) is 15.2 Å². The summed E-state index contributed by atoms with van der Waals surface area (Å²) in [5.74, 6) is -0.254. The fourth-order valence-electron chi connectivity index (χ4n) is 1.87. The number of para-hydroxylation sites is 1. The van der Waals surface area contributed by atoms with Crippen LogP contribution in [0.25, 0.3) is 6.08 Å². The Morgan fingerprint density at radius 2 is 2.26 bits per heavy atom. The topological polar surface area (TPSA) is 108 Å². The van der Waals surface area contributed by atoms with Crippen molar-refractivity contribution in [3.8, 4) is 11.5 Å². The molecule has 0 spiro atoms. The first kappa shape index (κ1) is 16.9. The van der Waals surface area contributed by atoms with Crippen LogP contribution in [-0.2, 0) is 11.2 Å². The fraction of sp³-hybridized carbons (Fsp3) is 0.267. The molecule has 1 aromatic heterocycles. The number of hydrogen-bond donors (Lipinski definition) is 3. The highest BCUT2D eigenvalue weighted by atomic mass is 32.2. The molecule has 0 atom stereocenters. The van der Waals surface area contributed by atoms with Crippen molar-refractivity contribution in [2.24, 2.45) is 0 Å². The molecule has 7 nitrogen and oxygen atoms in total. The Balaban J connectivity index is 2.29. The van der Waals surface area contributed by atoms with Gasteiger partial charge in [-0.25, -0.2) is 9.78 Å². The van der Waals surface area contributed by atoms with Gasteiger partial charge in [-0.05, 0) is 30.3 Å². The van der Waals surface area contributed by atoms with Crippen molar-refractivity contribution in [1.82, 2.24) is 15.2 Å². The number of aromatic nitrogens is 3. The van der Waals surface area contributed by atoms with Gasteiger partial charge in [0.05, 0.1) is 7.11 Å². The number of carboxylic acid groups (broad SMARTS) is 1. The van der Waals surface area contributed by atoms with Crippen LogP contribution in [0.2, 0.25) is 0 Å². The quantitative estimate of drug-likeness (QED) is 0.527. The lowest BCUT2D eigenvalue weighted by Crippen LogP contribution is -1.97. The van der Waals surface area contributed by atoms with Gasteiger partial charge in [-0.3, -0.25) is 5.10 Å². The number of carboxylic acids is 1. The maximum atomic E-state index is 11.4. The van der Waals surface area contributed by atoms with Crippen LogP contribution in [0, 0.1) is 0 Å². The summed E-state index contributed by atoms with van der Waals surface area (Å²) in [6.45, 7) is 2.02. The highest BCUT2D eigenvalue weighted by Gasteiger charge is 2.15. The SMILES string of the molecule is CCCc1nc(S/C(=C\c2cccc(OC)c2O)C(=O)O)n[nH]1. The molecule has 0 radical (unpaired) electrons. The van der Waals surface area contributed by atoms with E-state index >= 15 is 0 Å². The maximum absolute atomic E-state index is 11.4. The zero-order valence-corrected chi connectivity index (χ0v) is 13.6. The van der Waals surface area contributed by atoms with Crippen molar-refractivity contribution < 1.29 is 19.7 Å². The van der Waals surface area contributed by atoms with E-state index in [4.69, 9.17) is 4.74 Å². The lowest BCUT2D eigenvalue weighted by molar-refractivity contribution is -0.131. The minimum atomic E-state index is -1.13. The maximum Gasteiger partial charge on any atom is 0.342 e. The molecule has 0 bridgehead atoms. The number of carbonyl (C=O) groups is 1. The summed E-state index contributed by atoms with van der Waals surface area (Å²) in [4.78, 5) is 15.7. The zero-order valence-electron chi connectivity index (χ0n) is 12.7. The van der Waals surface area contributed by atoms with Crippen molar-refractivity contribution in [2.45, 2.75) is 24.9 Å². The minimum Gasteiger partial charge on any atom is -0.504 e. The van der Waals surface area contributed by atoms with E-state index in [1.165, 1.54) is 13.2 Å². The molecular formula is C15H17N3O4S. The molecule has 122 valence electrons. The van der Waals surface area contributed by atoms with Gasteiger partial charge in [0.15, 0.2) is 11.5 Å². The number of phenolic OH excluding ortho intramolecular Hbond substituents is 1. The van der Waals surface area contributed by atoms with E-state index in [0.29, 0.717) is 16.5 Å². The molecule has 2 aromatic rings. The van der Waals surface area contributed by atoms with Crippen LogP contribution < -0.4 is 4.74 Å². The number of benzene rings is 1. The van der Waals surface area contributed by atoms with Crippen LogP contribution in [0.4, 0.5) is 0 Å². The number of aromatic hydroxyl groups is 1. The second kappa shape index (κ2) is 7.68. The van der Waals surface area contributed by atoms with Crippen molar-refractivity contribution in [2.75, 3.05) is 7.11 Å². The first-order valence-corrected chi connectivity index (χ1v) is 7.76. The largest absolute Gasteiger partial charge is 0.504 e. The van der Waals surface area contributed by atoms with Crippen LogP contribution in [-0.4, -0.2) is 38.5 Å². The van der Waals surface area contributed by atoms with Gasteiger partial charge in [-0.2, -0.15) is 0 Å². The fourth-order valence-corrected chi connectivity index (χ4v) is 2.58. The van der Waals surface area contributed by atoms with Gasteiger partial charge in [-0.15, -0.1) is 5.10 Å². The molecule has 0 saturated carbocycles. The minimum absolute atomic E-state index is 0.00407. The standard InChI is InChI=1S/C15H17N3O4S/c1-3-5-12-16-15(18-17-12)23-11(14(20)21)8-9-6-4-7-10(22-2)13(9)19/h4,6-8,19H,3,5H2,1-2H3,(H,20,21)(H,16,17,18)/b11-8-. The number of ether oxygens (including phenoxy) is 1. The van der Waals surface area contributed by atoms with Crippen LogP contribution in [0.5, 0.6) is 11.5 Å². The molecule has 0 saturated heterocycles. The third-order valence-electron chi connectivity index (χ3n) is 2.95. The Morgan fingerprint density at radius 3 is 2.91 bits per heavy atom. The smallest absolute Gasteiger partial charge is 0.342 e. The number of aromatic amines is 1. The molecule has 0 unspecified atom stereocenters. The number of methoxy groups -OCH3 is 1. The van der Waals surface area contributed by atoms with E-state index in [9.17, 15) is 15.0 Å². The molecule has 3 N–H and O–H groups in total.